The molecule has 2 rings (SSSR count). The minimum Gasteiger partial charge on any atom is -0.310 e. The second-order valence-corrected chi connectivity index (χ2v) is 5.69. The van der Waals surface area contributed by atoms with E-state index in [1.165, 1.54) is 22.3 Å². The maximum absolute atomic E-state index is 4.61. The van der Waals surface area contributed by atoms with Gasteiger partial charge in [0.1, 0.15) is 0 Å². The highest BCUT2D eigenvalue weighted by Crippen LogP contribution is 2.22. The largest absolute Gasteiger partial charge is 0.310 e. The number of aryl methyl sites for hydroxylation is 3. The summed E-state index contributed by atoms with van der Waals surface area (Å²) in [4.78, 5) is 4.61. The molecule has 0 fully saturated rings. The number of hydrogen-bond acceptors (Lipinski definition) is 2. The molecule has 0 radical (unpaired) electrons. The zero-order valence-corrected chi connectivity index (χ0v) is 13.6. The van der Waals surface area contributed by atoms with E-state index in [9.17, 15) is 0 Å². The van der Waals surface area contributed by atoms with Crippen LogP contribution in [-0.4, -0.2) is 11.5 Å². The van der Waals surface area contributed by atoms with Gasteiger partial charge in [0.2, 0.25) is 0 Å². The van der Waals surface area contributed by atoms with Crippen molar-refractivity contribution in [3.63, 3.8) is 0 Å². The fourth-order valence-corrected chi connectivity index (χ4v) is 2.67. The van der Waals surface area contributed by atoms with Gasteiger partial charge in [0.05, 0.1) is 0 Å². The minimum absolute atomic E-state index is 0.329. The van der Waals surface area contributed by atoms with Gasteiger partial charge >= 0.3 is 0 Å². The number of benzene rings is 1. The fraction of sp³-hybridized carbons (Fsp3) is 0.421. The first-order chi connectivity index (χ1) is 10.1. The van der Waals surface area contributed by atoms with Gasteiger partial charge in [0.15, 0.2) is 0 Å². The molecule has 2 nitrogen and oxygen atoms in total. The lowest BCUT2D eigenvalue weighted by molar-refractivity contribution is 0.541. The van der Waals surface area contributed by atoms with Gasteiger partial charge in [-0.25, -0.2) is 0 Å². The molecule has 1 heterocycles. The van der Waals surface area contributed by atoms with Crippen LogP contribution in [0.3, 0.4) is 0 Å². The molecule has 0 saturated carbocycles. The summed E-state index contributed by atoms with van der Waals surface area (Å²) >= 11 is 0. The molecule has 0 spiro atoms. The molecular weight excluding hydrogens is 256 g/mol. The lowest BCUT2D eigenvalue weighted by atomic mass is 9.95. The third kappa shape index (κ3) is 4.15. The van der Waals surface area contributed by atoms with E-state index in [2.05, 4.69) is 68.3 Å². The summed E-state index contributed by atoms with van der Waals surface area (Å²) in [6.07, 6.45) is 3.98. The van der Waals surface area contributed by atoms with Crippen LogP contribution in [0, 0.1) is 13.8 Å². The Morgan fingerprint density at radius 2 is 1.90 bits per heavy atom. The Morgan fingerprint density at radius 3 is 2.52 bits per heavy atom. The van der Waals surface area contributed by atoms with E-state index in [4.69, 9.17) is 0 Å². The normalized spacial score (nSPS) is 12.4. The van der Waals surface area contributed by atoms with Crippen molar-refractivity contribution in [2.75, 3.05) is 6.54 Å². The predicted molar refractivity (Wildman–Crippen MR) is 89.7 cm³/mol. The van der Waals surface area contributed by atoms with Crippen LogP contribution < -0.4 is 5.32 Å². The SMILES string of the molecule is CCNC(Cc1ccc(CC)cn1)c1cc(C)ccc1C. The van der Waals surface area contributed by atoms with Crippen LogP contribution in [0.1, 0.15) is 47.8 Å². The number of hydrogen-bond donors (Lipinski definition) is 1. The van der Waals surface area contributed by atoms with E-state index < -0.39 is 0 Å². The zero-order chi connectivity index (χ0) is 15.2. The summed E-state index contributed by atoms with van der Waals surface area (Å²) in [5.41, 5.74) is 6.49. The monoisotopic (exact) mass is 282 g/mol. The molecule has 1 atom stereocenters. The van der Waals surface area contributed by atoms with Gasteiger partial charge in [-0.2, -0.15) is 0 Å². The molecule has 2 heteroatoms. The average Bonchev–Trinajstić information content (AvgIpc) is 2.50. The van der Waals surface area contributed by atoms with E-state index in [1.54, 1.807) is 0 Å². The summed E-state index contributed by atoms with van der Waals surface area (Å²) < 4.78 is 0. The molecule has 1 N–H and O–H groups in total. The van der Waals surface area contributed by atoms with E-state index in [0.29, 0.717) is 6.04 Å². The topological polar surface area (TPSA) is 24.9 Å². The number of nitrogens with zero attached hydrogens (tertiary/aromatic N) is 1. The molecule has 1 aromatic carbocycles. The van der Waals surface area contributed by atoms with Gasteiger partial charge < -0.3 is 5.32 Å². The molecule has 1 aromatic heterocycles. The average molecular weight is 282 g/mol. The highest BCUT2D eigenvalue weighted by molar-refractivity contribution is 5.34. The van der Waals surface area contributed by atoms with Crippen LogP contribution in [0.5, 0.6) is 0 Å². The van der Waals surface area contributed by atoms with Crippen molar-refractivity contribution < 1.29 is 0 Å². The number of aromatic nitrogens is 1. The van der Waals surface area contributed by atoms with Gasteiger partial charge in [-0.1, -0.05) is 43.7 Å². The Hall–Kier alpha value is -1.67. The first-order valence-electron chi connectivity index (χ1n) is 7.88. The molecule has 0 bridgehead atoms. The molecule has 2 aromatic rings. The lowest BCUT2D eigenvalue weighted by Crippen LogP contribution is -2.24. The standard InChI is InChI=1S/C19H26N2/c1-5-16-9-10-17(21-13-16)12-19(20-6-2)18-11-14(3)7-8-15(18)4/h7-11,13,19-20H,5-6,12H2,1-4H3. The molecule has 0 amide bonds. The third-order valence-corrected chi connectivity index (χ3v) is 3.97. The van der Waals surface area contributed by atoms with Crippen LogP contribution >= 0.6 is 0 Å². The summed E-state index contributed by atoms with van der Waals surface area (Å²) in [5, 5.41) is 3.60. The van der Waals surface area contributed by atoms with Gasteiger partial charge in [-0.3, -0.25) is 4.98 Å². The molecule has 0 aliphatic rings. The van der Waals surface area contributed by atoms with Crippen molar-refractivity contribution in [2.45, 2.75) is 46.6 Å². The maximum atomic E-state index is 4.61. The summed E-state index contributed by atoms with van der Waals surface area (Å²) in [5.74, 6) is 0. The van der Waals surface area contributed by atoms with Gasteiger partial charge in [-0.05, 0) is 49.6 Å². The number of likely N-dealkylation sites (N-methyl/N-ethyl adjacent to an activating group) is 1. The first-order valence-corrected chi connectivity index (χ1v) is 7.88. The van der Waals surface area contributed by atoms with Crippen molar-refractivity contribution in [3.8, 4) is 0 Å². The van der Waals surface area contributed by atoms with Crippen molar-refractivity contribution >= 4 is 0 Å². The predicted octanol–water partition coefficient (Wildman–Crippen LogP) is 4.15. The number of nitrogens with one attached hydrogen (secondary N) is 1. The molecule has 0 aliphatic carbocycles. The second kappa shape index (κ2) is 7.37. The highest BCUT2D eigenvalue weighted by atomic mass is 14.9. The summed E-state index contributed by atoms with van der Waals surface area (Å²) in [6, 6.07) is 11.4. The second-order valence-electron chi connectivity index (χ2n) is 5.69. The third-order valence-electron chi connectivity index (χ3n) is 3.97. The molecule has 0 aliphatic heterocycles. The lowest BCUT2D eigenvalue weighted by Gasteiger charge is -2.21. The van der Waals surface area contributed by atoms with Crippen molar-refractivity contribution in [2.24, 2.45) is 0 Å². The van der Waals surface area contributed by atoms with Gasteiger partial charge in [0, 0.05) is 24.4 Å². The van der Waals surface area contributed by atoms with Crippen LogP contribution in [0.15, 0.2) is 36.5 Å². The highest BCUT2D eigenvalue weighted by Gasteiger charge is 2.14. The quantitative estimate of drug-likeness (QED) is 0.860. The van der Waals surface area contributed by atoms with Gasteiger partial charge in [0.25, 0.3) is 0 Å². The van der Waals surface area contributed by atoms with Crippen LogP contribution in [0.2, 0.25) is 0 Å². The molecule has 21 heavy (non-hydrogen) atoms. The molecule has 112 valence electrons. The molecule has 0 saturated heterocycles. The van der Waals surface area contributed by atoms with E-state index in [1.807, 2.05) is 6.20 Å². The molecule has 1 unspecified atom stereocenters. The Kier molecular flexibility index (Phi) is 5.51. The maximum Gasteiger partial charge on any atom is 0.0422 e. The van der Waals surface area contributed by atoms with E-state index in [0.717, 1.165) is 25.1 Å². The number of pyridine rings is 1. The molecular formula is C19H26N2. The van der Waals surface area contributed by atoms with Crippen LogP contribution in [-0.2, 0) is 12.8 Å². The first kappa shape index (κ1) is 15.7. The van der Waals surface area contributed by atoms with Crippen molar-refractivity contribution in [1.29, 1.82) is 0 Å². The van der Waals surface area contributed by atoms with Crippen LogP contribution in [0.25, 0.3) is 0 Å². The Morgan fingerprint density at radius 1 is 1.10 bits per heavy atom. The Bertz CT molecular complexity index is 573. The van der Waals surface area contributed by atoms with Crippen molar-refractivity contribution in [3.05, 3.63) is 64.5 Å². The van der Waals surface area contributed by atoms with E-state index >= 15 is 0 Å². The zero-order valence-electron chi connectivity index (χ0n) is 13.6. The fourth-order valence-electron chi connectivity index (χ4n) is 2.67. The van der Waals surface area contributed by atoms with Gasteiger partial charge in [-0.15, -0.1) is 0 Å². The van der Waals surface area contributed by atoms with E-state index in [-0.39, 0.29) is 0 Å². The minimum atomic E-state index is 0.329. The summed E-state index contributed by atoms with van der Waals surface area (Å²) in [6.45, 7) is 9.62. The summed E-state index contributed by atoms with van der Waals surface area (Å²) in [7, 11) is 0. The number of rotatable bonds is 6. The smallest absolute Gasteiger partial charge is 0.0422 e. The Balaban J connectivity index is 2.23. The Labute approximate surface area is 128 Å². The van der Waals surface area contributed by atoms with Crippen LogP contribution in [0.4, 0.5) is 0 Å². The van der Waals surface area contributed by atoms with Crippen molar-refractivity contribution in [1.82, 2.24) is 10.3 Å².